The van der Waals surface area contributed by atoms with Crippen LogP contribution in [-0.2, 0) is 5.41 Å². The van der Waals surface area contributed by atoms with Crippen LogP contribution in [0, 0.1) is 6.92 Å². The standard InChI is InChI=1S/C16H20ClN3O/c1-10-6-7-13(11(8-10)16(2,3)4)21-14-12(17)9-19-15(18-5)20-14/h6-9H,1-5H3,(H,18,19,20). The third-order valence-electron chi connectivity index (χ3n) is 3.09. The maximum absolute atomic E-state index is 6.12. The number of rotatable bonds is 3. The van der Waals surface area contributed by atoms with Crippen molar-refractivity contribution in [3.05, 3.63) is 40.5 Å². The van der Waals surface area contributed by atoms with Gasteiger partial charge in [-0.05, 0) is 18.4 Å². The number of ether oxygens (including phenoxy) is 1. The Kier molecular flexibility index (Phi) is 4.37. The predicted molar refractivity (Wildman–Crippen MR) is 86.5 cm³/mol. The quantitative estimate of drug-likeness (QED) is 0.902. The zero-order valence-corrected chi connectivity index (χ0v) is 13.7. The van der Waals surface area contributed by atoms with Crippen LogP contribution in [0.15, 0.2) is 24.4 Å². The van der Waals surface area contributed by atoms with Gasteiger partial charge in [0.05, 0.1) is 6.20 Å². The van der Waals surface area contributed by atoms with Gasteiger partial charge in [-0.15, -0.1) is 0 Å². The lowest BCUT2D eigenvalue weighted by Crippen LogP contribution is -2.13. The van der Waals surface area contributed by atoms with Crippen LogP contribution in [-0.4, -0.2) is 17.0 Å². The molecule has 0 radical (unpaired) electrons. The minimum Gasteiger partial charge on any atom is -0.437 e. The minimum absolute atomic E-state index is 0.0350. The average Bonchev–Trinajstić information content (AvgIpc) is 2.42. The molecule has 0 aliphatic heterocycles. The number of halogens is 1. The largest absolute Gasteiger partial charge is 0.437 e. The molecule has 0 atom stereocenters. The van der Waals surface area contributed by atoms with Gasteiger partial charge in [0.25, 0.3) is 0 Å². The Labute approximate surface area is 130 Å². The van der Waals surface area contributed by atoms with Gasteiger partial charge in [-0.1, -0.05) is 50.1 Å². The number of anilines is 1. The van der Waals surface area contributed by atoms with Crippen molar-refractivity contribution in [2.24, 2.45) is 0 Å². The molecule has 0 bridgehead atoms. The molecule has 0 saturated carbocycles. The number of aryl methyl sites for hydroxylation is 1. The van der Waals surface area contributed by atoms with Gasteiger partial charge in [-0.3, -0.25) is 0 Å². The Bertz CT molecular complexity index is 650. The molecule has 0 saturated heterocycles. The summed E-state index contributed by atoms with van der Waals surface area (Å²) in [5.41, 5.74) is 2.27. The summed E-state index contributed by atoms with van der Waals surface area (Å²) in [4.78, 5) is 8.31. The first-order chi connectivity index (χ1) is 9.81. The van der Waals surface area contributed by atoms with E-state index >= 15 is 0 Å². The summed E-state index contributed by atoms with van der Waals surface area (Å²) < 4.78 is 5.94. The van der Waals surface area contributed by atoms with Gasteiger partial charge < -0.3 is 10.1 Å². The molecule has 2 rings (SSSR count). The summed E-state index contributed by atoms with van der Waals surface area (Å²) in [6, 6.07) is 6.09. The van der Waals surface area contributed by atoms with Crippen molar-refractivity contribution in [3.8, 4) is 11.6 Å². The molecule has 21 heavy (non-hydrogen) atoms. The van der Waals surface area contributed by atoms with Crippen molar-refractivity contribution >= 4 is 17.5 Å². The van der Waals surface area contributed by atoms with E-state index in [2.05, 4.69) is 49.0 Å². The molecular formula is C16H20ClN3O. The number of hydrogen-bond acceptors (Lipinski definition) is 4. The summed E-state index contributed by atoms with van der Waals surface area (Å²) >= 11 is 6.12. The Hall–Kier alpha value is -1.81. The van der Waals surface area contributed by atoms with E-state index in [-0.39, 0.29) is 5.41 Å². The van der Waals surface area contributed by atoms with Gasteiger partial charge in [0.1, 0.15) is 10.8 Å². The molecule has 5 heteroatoms. The fourth-order valence-corrected chi connectivity index (χ4v) is 2.10. The molecule has 2 aromatic rings. The lowest BCUT2D eigenvalue weighted by Gasteiger charge is -2.23. The first kappa shape index (κ1) is 15.6. The van der Waals surface area contributed by atoms with Crippen LogP contribution in [0.5, 0.6) is 11.6 Å². The van der Waals surface area contributed by atoms with E-state index in [9.17, 15) is 0 Å². The first-order valence-corrected chi connectivity index (χ1v) is 7.18. The van der Waals surface area contributed by atoms with Gasteiger partial charge in [0.2, 0.25) is 11.8 Å². The molecule has 0 amide bonds. The fourth-order valence-electron chi connectivity index (χ4n) is 1.97. The number of aromatic nitrogens is 2. The van der Waals surface area contributed by atoms with Crippen molar-refractivity contribution in [3.63, 3.8) is 0 Å². The van der Waals surface area contributed by atoms with Crippen LogP contribution in [0.25, 0.3) is 0 Å². The maximum atomic E-state index is 6.12. The molecule has 0 aliphatic rings. The Morgan fingerprint density at radius 2 is 1.95 bits per heavy atom. The molecule has 1 heterocycles. The highest BCUT2D eigenvalue weighted by molar-refractivity contribution is 6.31. The lowest BCUT2D eigenvalue weighted by molar-refractivity contribution is 0.439. The van der Waals surface area contributed by atoms with Gasteiger partial charge in [-0.25, -0.2) is 4.98 Å². The smallest absolute Gasteiger partial charge is 0.243 e. The van der Waals surface area contributed by atoms with E-state index < -0.39 is 0 Å². The van der Waals surface area contributed by atoms with Crippen LogP contribution < -0.4 is 10.1 Å². The summed E-state index contributed by atoms with van der Waals surface area (Å²) in [7, 11) is 1.75. The van der Waals surface area contributed by atoms with E-state index in [0.29, 0.717) is 16.9 Å². The van der Waals surface area contributed by atoms with Crippen LogP contribution in [0.4, 0.5) is 5.95 Å². The number of nitrogens with one attached hydrogen (secondary N) is 1. The number of benzene rings is 1. The summed E-state index contributed by atoms with van der Waals surface area (Å²) in [6.45, 7) is 8.51. The highest BCUT2D eigenvalue weighted by Gasteiger charge is 2.20. The molecule has 1 aromatic heterocycles. The summed E-state index contributed by atoms with van der Waals surface area (Å²) in [5.74, 6) is 1.58. The van der Waals surface area contributed by atoms with Crippen LogP contribution >= 0.6 is 11.6 Å². The maximum Gasteiger partial charge on any atom is 0.243 e. The zero-order valence-electron chi connectivity index (χ0n) is 13.0. The second kappa shape index (κ2) is 5.90. The average molecular weight is 306 g/mol. The normalized spacial score (nSPS) is 11.3. The number of nitrogens with zero attached hydrogens (tertiary/aromatic N) is 2. The van der Waals surface area contributed by atoms with Gasteiger partial charge >= 0.3 is 0 Å². The third-order valence-corrected chi connectivity index (χ3v) is 3.34. The molecule has 0 spiro atoms. The molecule has 0 unspecified atom stereocenters. The highest BCUT2D eigenvalue weighted by atomic mass is 35.5. The SMILES string of the molecule is CNc1ncc(Cl)c(Oc2ccc(C)cc2C(C)(C)C)n1. The van der Waals surface area contributed by atoms with Crippen LogP contribution in [0.1, 0.15) is 31.9 Å². The van der Waals surface area contributed by atoms with Crippen molar-refractivity contribution in [2.75, 3.05) is 12.4 Å². The molecule has 0 aliphatic carbocycles. The van der Waals surface area contributed by atoms with Crippen molar-refractivity contribution in [1.29, 1.82) is 0 Å². The minimum atomic E-state index is -0.0350. The van der Waals surface area contributed by atoms with Gasteiger partial charge in [0, 0.05) is 12.6 Å². The van der Waals surface area contributed by atoms with E-state index in [1.54, 1.807) is 7.05 Å². The van der Waals surface area contributed by atoms with Gasteiger partial charge in [-0.2, -0.15) is 4.98 Å². The van der Waals surface area contributed by atoms with E-state index in [1.165, 1.54) is 11.8 Å². The van der Waals surface area contributed by atoms with Crippen molar-refractivity contribution in [2.45, 2.75) is 33.1 Å². The molecule has 0 fully saturated rings. The van der Waals surface area contributed by atoms with Crippen LogP contribution in [0.3, 0.4) is 0 Å². The highest BCUT2D eigenvalue weighted by Crippen LogP contribution is 2.36. The first-order valence-electron chi connectivity index (χ1n) is 6.80. The van der Waals surface area contributed by atoms with E-state index in [1.807, 2.05) is 12.1 Å². The third kappa shape index (κ3) is 3.64. The molecular weight excluding hydrogens is 286 g/mol. The van der Waals surface area contributed by atoms with E-state index in [0.717, 1.165) is 11.3 Å². The molecule has 1 aromatic carbocycles. The van der Waals surface area contributed by atoms with E-state index in [4.69, 9.17) is 16.3 Å². The molecule has 112 valence electrons. The molecule has 4 nitrogen and oxygen atoms in total. The Balaban J connectivity index is 2.45. The number of hydrogen-bond donors (Lipinski definition) is 1. The topological polar surface area (TPSA) is 47.0 Å². The Morgan fingerprint density at radius 1 is 1.24 bits per heavy atom. The zero-order chi connectivity index (χ0) is 15.6. The summed E-state index contributed by atoms with van der Waals surface area (Å²) in [6.07, 6.45) is 1.53. The second-order valence-corrected chi connectivity index (χ2v) is 6.36. The van der Waals surface area contributed by atoms with Crippen molar-refractivity contribution in [1.82, 2.24) is 9.97 Å². The predicted octanol–water partition coefficient (Wildman–Crippen LogP) is 4.57. The Morgan fingerprint density at radius 3 is 2.57 bits per heavy atom. The second-order valence-electron chi connectivity index (χ2n) is 5.95. The van der Waals surface area contributed by atoms with Crippen LogP contribution in [0.2, 0.25) is 5.02 Å². The summed E-state index contributed by atoms with van der Waals surface area (Å²) in [5, 5.41) is 3.26. The fraction of sp³-hybridized carbons (Fsp3) is 0.375. The van der Waals surface area contributed by atoms with Gasteiger partial charge in [0.15, 0.2) is 0 Å². The molecule has 1 N–H and O–H groups in total. The lowest BCUT2D eigenvalue weighted by atomic mass is 9.85. The van der Waals surface area contributed by atoms with Crippen molar-refractivity contribution < 1.29 is 4.74 Å². The monoisotopic (exact) mass is 305 g/mol.